The number of carbonyl (C=O) groups excluding carboxylic acids is 1. The van der Waals surface area contributed by atoms with E-state index in [-0.39, 0.29) is 17.8 Å². The van der Waals surface area contributed by atoms with Crippen molar-refractivity contribution >= 4 is 24.5 Å². The molecule has 1 rings (SSSR count). The Morgan fingerprint density at radius 3 is 2.42 bits per heavy atom. The molecule has 0 radical (unpaired) electrons. The second-order valence-electron chi connectivity index (χ2n) is 5.80. The minimum atomic E-state index is -0.157. The normalized spacial score (nSPS) is 12.2. The van der Waals surface area contributed by atoms with Gasteiger partial charge in [-0.15, -0.1) is 0 Å². The molecular formula is C18H27N5O. The molecule has 1 aromatic carbocycles. The van der Waals surface area contributed by atoms with Gasteiger partial charge in [-0.05, 0) is 32.0 Å². The number of benzene rings is 1. The highest BCUT2D eigenvalue weighted by molar-refractivity contribution is 6.04. The molecule has 1 amide bonds. The Hall–Kier alpha value is -2.50. The summed E-state index contributed by atoms with van der Waals surface area (Å²) in [5.41, 5.74) is 2.57. The summed E-state index contributed by atoms with van der Waals surface area (Å²) >= 11 is 0. The maximum Gasteiger partial charge on any atom is 0.232 e. The standard InChI is InChI=1S/C18H27N5O/c1-13(2)16(24)22-18(20-5)23-17(19-4)21-12-6-7-15-10-8-14(3)9-11-15/h8-11,13H,5-7,12H2,1-4H3,(H2,19,21,22,23,24). The van der Waals surface area contributed by atoms with E-state index in [0.29, 0.717) is 5.96 Å². The van der Waals surface area contributed by atoms with Gasteiger partial charge in [0.2, 0.25) is 17.8 Å². The minimum absolute atomic E-state index is 0.151. The summed E-state index contributed by atoms with van der Waals surface area (Å²) in [5.74, 6) is 0.267. The lowest BCUT2D eigenvalue weighted by molar-refractivity contribution is -0.122. The third-order valence-electron chi connectivity index (χ3n) is 3.38. The Morgan fingerprint density at radius 2 is 1.88 bits per heavy atom. The van der Waals surface area contributed by atoms with Gasteiger partial charge in [-0.25, -0.2) is 4.99 Å². The Labute approximate surface area is 144 Å². The van der Waals surface area contributed by atoms with Crippen LogP contribution in [0, 0.1) is 12.8 Å². The molecule has 0 heterocycles. The van der Waals surface area contributed by atoms with E-state index < -0.39 is 0 Å². The summed E-state index contributed by atoms with van der Waals surface area (Å²) in [4.78, 5) is 23.7. The smallest absolute Gasteiger partial charge is 0.232 e. The van der Waals surface area contributed by atoms with Gasteiger partial charge >= 0.3 is 0 Å². The number of amides is 1. The lowest BCUT2D eigenvalue weighted by Crippen LogP contribution is -2.34. The molecule has 0 aromatic heterocycles. The molecular weight excluding hydrogens is 302 g/mol. The lowest BCUT2D eigenvalue weighted by atomic mass is 10.1. The van der Waals surface area contributed by atoms with E-state index in [1.54, 1.807) is 20.9 Å². The number of aliphatic imine (C=N–C) groups is 3. The van der Waals surface area contributed by atoms with E-state index in [1.165, 1.54) is 11.1 Å². The molecule has 0 aliphatic carbocycles. The lowest BCUT2D eigenvalue weighted by Gasteiger charge is -2.09. The summed E-state index contributed by atoms with van der Waals surface area (Å²) in [7, 11) is 1.64. The molecule has 0 saturated heterocycles. The molecule has 0 spiro atoms. The van der Waals surface area contributed by atoms with E-state index in [9.17, 15) is 4.79 Å². The maximum atomic E-state index is 11.7. The van der Waals surface area contributed by atoms with Gasteiger partial charge in [-0.2, -0.15) is 4.99 Å². The van der Waals surface area contributed by atoms with Gasteiger partial charge in [0.25, 0.3) is 0 Å². The van der Waals surface area contributed by atoms with Crippen molar-refractivity contribution in [2.75, 3.05) is 13.6 Å². The zero-order valence-corrected chi connectivity index (χ0v) is 15.0. The number of nitrogens with zero attached hydrogens (tertiary/aromatic N) is 3. The fourth-order valence-corrected chi connectivity index (χ4v) is 1.87. The molecule has 0 fully saturated rings. The third-order valence-corrected chi connectivity index (χ3v) is 3.38. The number of rotatable bonds is 5. The predicted octanol–water partition coefficient (Wildman–Crippen LogP) is 2.33. The molecule has 0 bridgehead atoms. The van der Waals surface area contributed by atoms with Gasteiger partial charge in [0, 0.05) is 19.5 Å². The fraction of sp³-hybridized carbons (Fsp3) is 0.444. The van der Waals surface area contributed by atoms with Crippen molar-refractivity contribution in [2.24, 2.45) is 20.9 Å². The molecule has 1 aromatic rings. The average Bonchev–Trinajstić information content (AvgIpc) is 2.57. The van der Waals surface area contributed by atoms with Gasteiger partial charge in [-0.3, -0.25) is 15.1 Å². The van der Waals surface area contributed by atoms with Crippen LogP contribution in [0.5, 0.6) is 0 Å². The summed E-state index contributed by atoms with van der Waals surface area (Å²) < 4.78 is 0. The third kappa shape index (κ3) is 7.17. The second-order valence-corrected chi connectivity index (χ2v) is 5.80. The van der Waals surface area contributed by atoms with E-state index in [4.69, 9.17) is 0 Å². The van der Waals surface area contributed by atoms with Crippen LogP contribution in [0.4, 0.5) is 0 Å². The molecule has 24 heavy (non-hydrogen) atoms. The van der Waals surface area contributed by atoms with Gasteiger partial charge in [0.05, 0.1) is 0 Å². The van der Waals surface area contributed by atoms with E-state index in [2.05, 4.69) is 63.5 Å². The highest BCUT2D eigenvalue weighted by Gasteiger charge is 2.09. The predicted molar refractivity (Wildman–Crippen MR) is 101 cm³/mol. The summed E-state index contributed by atoms with van der Waals surface area (Å²) in [6.07, 6.45) is 1.93. The molecule has 6 heteroatoms. The van der Waals surface area contributed by atoms with Crippen molar-refractivity contribution in [3.8, 4) is 0 Å². The maximum absolute atomic E-state index is 11.7. The van der Waals surface area contributed by atoms with Gasteiger partial charge in [0.15, 0.2) is 0 Å². The number of carbonyl (C=O) groups is 1. The van der Waals surface area contributed by atoms with Gasteiger partial charge in [-0.1, -0.05) is 43.7 Å². The van der Waals surface area contributed by atoms with Crippen molar-refractivity contribution in [1.29, 1.82) is 0 Å². The van der Waals surface area contributed by atoms with Crippen LogP contribution in [0.25, 0.3) is 0 Å². The zero-order valence-electron chi connectivity index (χ0n) is 15.0. The molecule has 0 saturated carbocycles. The number of aryl methyl sites for hydroxylation is 2. The minimum Gasteiger partial charge on any atom is -0.354 e. The molecule has 6 nitrogen and oxygen atoms in total. The number of guanidine groups is 2. The quantitative estimate of drug-likeness (QED) is 0.494. The van der Waals surface area contributed by atoms with Gasteiger partial charge < -0.3 is 5.32 Å². The van der Waals surface area contributed by atoms with E-state index in [1.807, 2.05) is 0 Å². The topological polar surface area (TPSA) is 78.2 Å². The van der Waals surface area contributed by atoms with Crippen LogP contribution in [0.3, 0.4) is 0 Å². The van der Waals surface area contributed by atoms with Crippen molar-refractivity contribution in [2.45, 2.75) is 33.6 Å². The molecule has 0 aliphatic heterocycles. The Kier molecular flexibility index (Phi) is 8.39. The molecule has 0 atom stereocenters. The largest absolute Gasteiger partial charge is 0.354 e. The first-order valence-corrected chi connectivity index (χ1v) is 8.08. The van der Waals surface area contributed by atoms with Crippen LogP contribution in [0.15, 0.2) is 39.2 Å². The monoisotopic (exact) mass is 329 g/mol. The van der Waals surface area contributed by atoms with Crippen LogP contribution >= 0.6 is 0 Å². The highest BCUT2D eigenvalue weighted by atomic mass is 16.2. The van der Waals surface area contributed by atoms with Crippen molar-refractivity contribution in [1.82, 2.24) is 10.6 Å². The number of hydrogen-bond acceptors (Lipinski definition) is 2. The molecule has 0 aliphatic rings. The van der Waals surface area contributed by atoms with Crippen LogP contribution < -0.4 is 10.6 Å². The fourth-order valence-electron chi connectivity index (χ4n) is 1.87. The Bertz CT molecular complexity index is 602. The highest BCUT2D eigenvalue weighted by Crippen LogP contribution is 2.05. The average molecular weight is 329 g/mol. The Morgan fingerprint density at radius 1 is 1.21 bits per heavy atom. The van der Waals surface area contributed by atoms with Crippen LogP contribution in [0.1, 0.15) is 31.4 Å². The van der Waals surface area contributed by atoms with Crippen molar-refractivity contribution in [3.63, 3.8) is 0 Å². The van der Waals surface area contributed by atoms with Crippen LogP contribution in [-0.4, -0.2) is 38.1 Å². The summed E-state index contributed by atoms with van der Waals surface area (Å²) in [5, 5.41) is 5.76. The van der Waals surface area contributed by atoms with E-state index in [0.717, 1.165) is 19.4 Å². The first-order chi connectivity index (χ1) is 11.5. The molecule has 2 N–H and O–H groups in total. The molecule has 0 unspecified atom stereocenters. The van der Waals surface area contributed by atoms with Crippen molar-refractivity contribution < 1.29 is 4.79 Å². The van der Waals surface area contributed by atoms with Crippen LogP contribution in [-0.2, 0) is 11.2 Å². The zero-order chi connectivity index (χ0) is 17.9. The first-order valence-electron chi connectivity index (χ1n) is 8.08. The number of nitrogens with one attached hydrogen (secondary N) is 2. The number of hydrogen-bond donors (Lipinski definition) is 2. The van der Waals surface area contributed by atoms with Crippen molar-refractivity contribution in [3.05, 3.63) is 35.4 Å². The second kappa shape index (κ2) is 10.3. The van der Waals surface area contributed by atoms with Gasteiger partial charge in [0.1, 0.15) is 0 Å². The van der Waals surface area contributed by atoms with E-state index >= 15 is 0 Å². The van der Waals surface area contributed by atoms with Crippen LogP contribution in [0.2, 0.25) is 0 Å². The Balaban J connectivity index is 2.48. The summed E-state index contributed by atoms with van der Waals surface area (Å²) in [6, 6.07) is 8.52. The summed E-state index contributed by atoms with van der Waals surface area (Å²) in [6.45, 7) is 9.83. The first kappa shape index (κ1) is 19.5. The SMILES string of the molecule is C=N/C(=N\C(=NC)NCCCc1ccc(C)cc1)NC(=O)C(C)C. The molecule has 130 valence electrons.